The lowest BCUT2D eigenvalue weighted by atomic mass is 9.93. The second-order valence-electron chi connectivity index (χ2n) is 6.42. The van der Waals surface area contributed by atoms with Gasteiger partial charge in [0.05, 0.1) is 23.8 Å². The van der Waals surface area contributed by atoms with Crippen LogP contribution in [0.25, 0.3) is 0 Å². The van der Waals surface area contributed by atoms with E-state index < -0.39 is 0 Å². The molecule has 0 saturated carbocycles. The van der Waals surface area contributed by atoms with E-state index in [1.165, 1.54) is 30.5 Å². The van der Waals surface area contributed by atoms with Gasteiger partial charge in [0.1, 0.15) is 10.8 Å². The van der Waals surface area contributed by atoms with Gasteiger partial charge in [0, 0.05) is 5.69 Å². The quantitative estimate of drug-likeness (QED) is 0.839. The average molecular weight is 303 g/mol. The highest BCUT2D eigenvalue weighted by atomic mass is 32.1. The van der Waals surface area contributed by atoms with Crippen molar-refractivity contribution in [2.75, 3.05) is 5.32 Å². The second-order valence-corrected chi connectivity index (χ2v) is 6.86. The summed E-state index contributed by atoms with van der Waals surface area (Å²) in [5, 5.41) is 3.57. The molecule has 2 bridgehead atoms. The minimum absolute atomic E-state index is 0.326. The highest BCUT2D eigenvalue weighted by Gasteiger charge is 2.41. The maximum absolute atomic E-state index is 5.92. The van der Waals surface area contributed by atoms with E-state index in [4.69, 9.17) is 27.7 Å². The zero-order valence-corrected chi connectivity index (χ0v) is 12.9. The van der Waals surface area contributed by atoms with Crippen LogP contribution in [-0.2, 0) is 17.6 Å². The van der Waals surface area contributed by atoms with Crippen LogP contribution in [-0.4, -0.2) is 28.2 Å². The Hall–Kier alpha value is -1.20. The summed E-state index contributed by atoms with van der Waals surface area (Å²) < 4.78 is 5.92. The van der Waals surface area contributed by atoms with Crippen molar-refractivity contribution in [2.45, 2.75) is 63.2 Å². The van der Waals surface area contributed by atoms with Gasteiger partial charge < -0.3 is 15.8 Å². The Kier molecular flexibility index (Phi) is 3.34. The fraction of sp³-hybridized carbons (Fsp3) is 0.625. The van der Waals surface area contributed by atoms with Gasteiger partial charge in [-0.1, -0.05) is 12.2 Å². The molecule has 0 spiro atoms. The largest absolute Gasteiger partial charge is 0.389 e. The van der Waals surface area contributed by atoms with E-state index in [1.807, 2.05) is 0 Å². The molecule has 5 heteroatoms. The molecule has 0 amide bonds. The predicted molar refractivity (Wildman–Crippen MR) is 86.7 cm³/mol. The smallest absolute Gasteiger partial charge is 0.136 e. The molecule has 3 aliphatic rings. The van der Waals surface area contributed by atoms with Gasteiger partial charge in [-0.25, -0.2) is 4.98 Å². The third-order valence-electron chi connectivity index (χ3n) is 4.99. The van der Waals surface area contributed by atoms with Crippen LogP contribution in [0.4, 0.5) is 5.82 Å². The third-order valence-corrected chi connectivity index (χ3v) is 5.21. The van der Waals surface area contributed by atoms with E-state index in [-0.39, 0.29) is 0 Å². The molecule has 3 unspecified atom stereocenters. The fourth-order valence-electron chi connectivity index (χ4n) is 3.90. The summed E-state index contributed by atoms with van der Waals surface area (Å²) in [6.07, 6.45) is 8.79. The van der Waals surface area contributed by atoms with Crippen molar-refractivity contribution in [3.63, 3.8) is 0 Å². The molecule has 3 N–H and O–H groups in total. The molecule has 2 saturated heterocycles. The van der Waals surface area contributed by atoms with Gasteiger partial charge in [-0.15, -0.1) is 0 Å². The van der Waals surface area contributed by atoms with Gasteiger partial charge in [-0.05, 0) is 56.6 Å². The van der Waals surface area contributed by atoms with E-state index in [0.29, 0.717) is 23.2 Å². The number of aryl methyl sites for hydroxylation is 2. The van der Waals surface area contributed by atoms with Gasteiger partial charge in [0.15, 0.2) is 0 Å². The molecule has 2 aliphatic heterocycles. The number of nitrogens with zero attached hydrogens (tertiary/aromatic N) is 1. The van der Waals surface area contributed by atoms with Crippen molar-refractivity contribution >= 4 is 23.0 Å². The molecule has 0 aromatic carbocycles. The number of ether oxygens (including phenoxy) is 1. The molecule has 21 heavy (non-hydrogen) atoms. The Labute approximate surface area is 130 Å². The Bertz CT molecular complexity index is 589. The first kappa shape index (κ1) is 13.5. The van der Waals surface area contributed by atoms with Crippen LogP contribution < -0.4 is 11.1 Å². The number of pyridine rings is 1. The normalized spacial score (nSPS) is 30.2. The summed E-state index contributed by atoms with van der Waals surface area (Å²) in [5.41, 5.74) is 9.35. The lowest BCUT2D eigenvalue weighted by Gasteiger charge is -2.24. The van der Waals surface area contributed by atoms with Gasteiger partial charge in [-0.2, -0.15) is 0 Å². The Morgan fingerprint density at radius 3 is 2.90 bits per heavy atom. The molecular formula is C16H21N3OS. The summed E-state index contributed by atoms with van der Waals surface area (Å²) in [7, 11) is 0. The third kappa shape index (κ3) is 2.42. The number of rotatable bonds is 3. The first-order valence-corrected chi connectivity index (χ1v) is 8.36. The lowest BCUT2D eigenvalue weighted by molar-refractivity contribution is 0.102. The fourth-order valence-corrected chi connectivity index (χ4v) is 4.05. The summed E-state index contributed by atoms with van der Waals surface area (Å²) in [6.45, 7) is 0. The minimum Gasteiger partial charge on any atom is -0.389 e. The highest BCUT2D eigenvalue weighted by Crippen LogP contribution is 2.36. The van der Waals surface area contributed by atoms with E-state index in [9.17, 15) is 0 Å². The van der Waals surface area contributed by atoms with Gasteiger partial charge in [-0.3, -0.25) is 0 Å². The molecule has 1 aromatic heterocycles. The van der Waals surface area contributed by atoms with Crippen LogP contribution in [0.5, 0.6) is 0 Å². The molecular weight excluding hydrogens is 282 g/mol. The van der Waals surface area contributed by atoms with Crippen LogP contribution in [0.2, 0.25) is 0 Å². The molecule has 1 aliphatic carbocycles. The van der Waals surface area contributed by atoms with Crippen LogP contribution in [0.3, 0.4) is 0 Å². The van der Waals surface area contributed by atoms with E-state index in [1.54, 1.807) is 0 Å². The number of fused-ring (bicyclic) bond motifs is 3. The molecule has 3 atom stereocenters. The lowest BCUT2D eigenvalue weighted by Crippen LogP contribution is -2.32. The number of hydrogen-bond acceptors (Lipinski definition) is 4. The van der Waals surface area contributed by atoms with Crippen molar-refractivity contribution < 1.29 is 4.74 Å². The molecule has 1 aromatic rings. The summed E-state index contributed by atoms with van der Waals surface area (Å²) in [4.78, 5) is 5.28. The van der Waals surface area contributed by atoms with E-state index >= 15 is 0 Å². The number of aromatic nitrogens is 1. The minimum atomic E-state index is 0.326. The van der Waals surface area contributed by atoms with Gasteiger partial charge >= 0.3 is 0 Å². The first-order chi connectivity index (χ1) is 10.2. The predicted octanol–water partition coefficient (Wildman–Crippen LogP) is 2.33. The van der Waals surface area contributed by atoms with E-state index in [2.05, 4.69) is 11.4 Å². The topological polar surface area (TPSA) is 60.2 Å². The number of hydrogen-bond donors (Lipinski definition) is 2. The first-order valence-electron chi connectivity index (χ1n) is 7.95. The van der Waals surface area contributed by atoms with Gasteiger partial charge in [0.25, 0.3) is 0 Å². The Balaban J connectivity index is 1.65. The summed E-state index contributed by atoms with van der Waals surface area (Å²) >= 11 is 5.23. The molecule has 2 fully saturated rings. The molecule has 112 valence electrons. The highest BCUT2D eigenvalue weighted by molar-refractivity contribution is 7.80. The van der Waals surface area contributed by atoms with Crippen molar-refractivity contribution in [3.8, 4) is 0 Å². The molecule has 4 nitrogen and oxygen atoms in total. The standard InChI is InChI=1S/C16H21N3OS/c17-15(21)11-7-9-3-1-2-4-12(9)18-16(11)19-13-8-10-5-6-14(13)20-10/h7,10,13-14H,1-6,8H2,(H2,17,21)(H,18,19). The maximum atomic E-state index is 5.92. The molecule has 0 radical (unpaired) electrons. The maximum Gasteiger partial charge on any atom is 0.136 e. The van der Waals surface area contributed by atoms with Gasteiger partial charge in [0.2, 0.25) is 0 Å². The van der Waals surface area contributed by atoms with Crippen LogP contribution in [0, 0.1) is 0 Å². The second kappa shape index (κ2) is 5.21. The van der Waals surface area contributed by atoms with Crippen molar-refractivity contribution in [1.82, 2.24) is 4.98 Å². The number of thiocarbonyl (C=S) groups is 1. The van der Waals surface area contributed by atoms with Crippen LogP contribution in [0.15, 0.2) is 6.07 Å². The van der Waals surface area contributed by atoms with Crippen LogP contribution in [0.1, 0.15) is 48.9 Å². The summed E-state index contributed by atoms with van der Waals surface area (Å²) in [6, 6.07) is 2.51. The van der Waals surface area contributed by atoms with E-state index in [0.717, 1.165) is 37.1 Å². The van der Waals surface area contributed by atoms with Crippen molar-refractivity contribution in [3.05, 3.63) is 22.9 Å². The number of nitrogens with one attached hydrogen (secondary N) is 1. The number of nitrogens with two attached hydrogens (primary N) is 1. The van der Waals surface area contributed by atoms with Crippen molar-refractivity contribution in [1.29, 1.82) is 0 Å². The zero-order chi connectivity index (χ0) is 14.4. The van der Waals surface area contributed by atoms with Crippen molar-refractivity contribution in [2.24, 2.45) is 5.73 Å². The number of anilines is 1. The molecule has 4 rings (SSSR count). The SMILES string of the molecule is NC(=S)c1cc2c(nc1NC1CC3CCC1O3)CCCC2. The average Bonchev–Trinajstić information content (AvgIpc) is 3.09. The molecule has 3 heterocycles. The Morgan fingerprint density at radius 1 is 1.33 bits per heavy atom. The van der Waals surface area contributed by atoms with Crippen LogP contribution >= 0.6 is 12.2 Å². The monoisotopic (exact) mass is 303 g/mol. The Morgan fingerprint density at radius 2 is 2.19 bits per heavy atom. The zero-order valence-electron chi connectivity index (χ0n) is 12.1. The summed E-state index contributed by atoms with van der Waals surface area (Å²) in [5.74, 6) is 0.865.